The highest BCUT2D eigenvalue weighted by Crippen LogP contribution is 2.30. The minimum Gasteiger partial charge on any atom is -0.493 e. The highest BCUT2D eigenvalue weighted by molar-refractivity contribution is 5.43. The number of ether oxygens (including phenoxy) is 2. The van der Waals surface area contributed by atoms with E-state index in [1.807, 2.05) is 6.07 Å². The molecule has 1 aliphatic carbocycles. The molecule has 26 heavy (non-hydrogen) atoms. The highest BCUT2D eigenvalue weighted by Gasteiger charge is 2.13. The average molecular weight is 351 g/mol. The molecule has 2 aromatic carbocycles. The van der Waals surface area contributed by atoms with Crippen LogP contribution in [0.4, 0.5) is 0 Å². The molecule has 0 bridgehead atoms. The second kappa shape index (κ2) is 9.44. The molecule has 138 valence electrons. The van der Waals surface area contributed by atoms with Crippen LogP contribution in [0.15, 0.2) is 54.6 Å². The third kappa shape index (κ3) is 5.37. The van der Waals surface area contributed by atoms with Gasteiger partial charge in [-0.15, -0.1) is 0 Å². The van der Waals surface area contributed by atoms with Crippen molar-refractivity contribution in [1.82, 2.24) is 5.32 Å². The van der Waals surface area contributed by atoms with Crippen molar-refractivity contribution in [2.45, 2.75) is 45.3 Å². The van der Waals surface area contributed by atoms with E-state index in [2.05, 4.69) is 60.8 Å². The van der Waals surface area contributed by atoms with Gasteiger partial charge in [0, 0.05) is 6.54 Å². The number of benzene rings is 2. The molecule has 0 unspecified atom stereocenters. The molecule has 0 radical (unpaired) electrons. The lowest BCUT2D eigenvalue weighted by molar-refractivity contribution is 0.219. The Morgan fingerprint density at radius 1 is 1.04 bits per heavy atom. The van der Waals surface area contributed by atoms with Crippen LogP contribution >= 0.6 is 0 Å². The Balaban J connectivity index is 1.54. The predicted octanol–water partition coefficient (Wildman–Crippen LogP) is 4.82. The van der Waals surface area contributed by atoms with Crippen molar-refractivity contribution in [3.63, 3.8) is 0 Å². The summed E-state index contributed by atoms with van der Waals surface area (Å²) in [5.74, 6) is 1.63. The van der Waals surface area contributed by atoms with Crippen molar-refractivity contribution in [2.75, 3.05) is 13.7 Å². The Labute approximate surface area is 157 Å². The standard InChI is InChI=1S/C23H29NO2/c1-18-8-10-19(11-9-18)14-15-24-17-20-12-13-22(25-2)23(16-20)26-21-6-4-3-5-7-21/h4,6,8-13,16,21,24H,3,5,7,14-15,17H2,1-2H3/t21-/m0/s1. The van der Waals surface area contributed by atoms with Gasteiger partial charge in [0.2, 0.25) is 0 Å². The third-order valence-electron chi connectivity index (χ3n) is 4.76. The molecule has 0 saturated carbocycles. The van der Waals surface area contributed by atoms with Crippen molar-refractivity contribution in [2.24, 2.45) is 0 Å². The van der Waals surface area contributed by atoms with Crippen molar-refractivity contribution in [1.29, 1.82) is 0 Å². The highest BCUT2D eigenvalue weighted by atomic mass is 16.5. The molecule has 1 atom stereocenters. The van der Waals surface area contributed by atoms with Crippen LogP contribution in [-0.4, -0.2) is 19.8 Å². The first kappa shape index (κ1) is 18.5. The van der Waals surface area contributed by atoms with E-state index < -0.39 is 0 Å². The second-order valence-electron chi connectivity index (χ2n) is 6.91. The Kier molecular flexibility index (Phi) is 6.73. The van der Waals surface area contributed by atoms with Gasteiger partial charge in [0.1, 0.15) is 6.10 Å². The molecule has 0 saturated heterocycles. The molecule has 3 rings (SSSR count). The molecule has 0 heterocycles. The quantitative estimate of drug-likeness (QED) is 0.546. The first-order chi connectivity index (χ1) is 12.7. The Morgan fingerprint density at radius 3 is 2.58 bits per heavy atom. The Hall–Kier alpha value is -2.26. The van der Waals surface area contributed by atoms with Gasteiger partial charge < -0.3 is 14.8 Å². The molecular formula is C23H29NO2. The summed E-state index contributed by atoms with van der Waals surface area (Å²) in [6, 6.07) is 14.9. The van der Waals surface area contributed by atoms with Crippen LogP contribution in [0.25, 0.3) is 0 Å². The number of allylic oxidation sites excluding steroid dienone is 1. The topological polar surface area (TPSA) is 30.5 Å². The molecule has 0 amide bonds. The summed E-state index contributed by atoms with van der Waals surface area (Å²) in [5.41, 5.74) is 3.88. The van der Waals surface area contributed by atoms with Gasteiger partial charge in [-0.2, -0.15) is 0 Å². The fourth-order valence-corrected chi connectivity index (χ4v) is 3.19. The Morgan fingerprint density at radius 2 is 1.85 bits per heavy atom. The average Bonchev–Trinajstić information content (AvgIpc) is 2.68. The van der Waals surface area contributed by atoms with E-state index in [0.29, 0.717) is 0 Å². The first-order valence-corrected chi connectivity index (χ1v) is 9.51. The van der Waals surface area contributed by atoms with Crippen LogP contribution < -0.4 is 14.8 Å². The normalized spacial score (nSPS) is 16.5. The van der Waals surface area contributed by atoms with Gasteiger partial charge in [-0.05, 0) is 68.5 Å². The summed E-state index contributed by atoms with van der Waals surface area (Å²) in [4.78, 5) is 0. The van der Waals surface area contributed by atoms with Crippen LogP contribution in [0, 0.1) is 6.92 Å². The summed E-state index contributed by atoms with van der Waals surface area (Å²) in [5, 5.41) is 3.52. The zero-order valence-electron chi connectivity index (χ0n) is 15.8. The molecular weight excluding hydrogens is 322 g/mol. The molecule has 1 N–H and O–H groups in total. The molecule has 0 aromatic heterocycles. The Bertz CT molecular complexity index is 721. The van der Waals surface area contributed by atoms with E-state index in [1.165, 1.54) is 23.1 Å². The minimum atomic E-state index is 0.155. The lowest BCUT2D eigenvalue weighted by Crippen LogP contribution is -2.18. The van der Waals surface area contributed by atoms with Gasteiger partial charge in [-0.3, -0.25) is 0 Å². The molecule has 3 nitrogen and oxygen atoms in total. The van der Waals surface area contributed by atoms with Crippen LogP contribution in [0.2, 0.25) is 0 Å². The summed E-state index contributed by atoms with van der Waals surface area (Å²) in [7, 11) is 1.69. The number of aryl methyl sites for hydroxylation is 1. The van der Waals surface area contributed by atoms with Crippen LogP contribution in [0.5, 0.6) is 11.5 Å². The molecule has 0 aliphatic heterocycles. The molecule has 3 heteroatoms. The predicted molar refractivity (Wildman–Crippen MR) is 107 cm³/mol. The monoisotopic (exact) mass is 351 g/mol. The van der Waals surface area contributed by atoms with Crippen LogP contribution in [0.3, 0.4) is 0 Å². The van der Waals surface area contributed by atoms with Gasteiger partial charge in [0.05, 0.1) is 7.11 Å². The smallest absolute Gasteiger partial charge is 0.162 e. The molecule has 0 spiro atoms. The zero-order valence-corrected chi connectivity index (χ0v) is 15.8. The molecule has 1 aliphatic rings. The summed E-state index contributed by atoms with van der Waals surface area (Å²) >= 11 is 0. The van der Waals surface area contributed by atoms with E-state index in [0.717, 1.165) is 43.9 Å². The van der Waals surface area contributed by atoms with Gasteiger partial charge in [-0.25, -0.2) is 0 Å². The van der Waals surface area contributed by atoms with Gasteiger partial charge in [-0.1, -0.05) is 42.0 Å². The number of hydrogen-bond donors (Lipinski definition) is 1. The van der Waals surface area contributed by atoms with E-state index >= 15 is 0 Å². The van der Waals surface area contributed by atoms with Gasteiger partial charge in [0.15, 0.2) is 11.5 Å². The number of rotatable bonds is 8. The lowest BCUT2D eigenvalue weighted by Gasteiger charge is -2.20. The maximum absolute atomic E-state index is 6.17. The maximum Gasteiger partial charge on any atom is 0.162 e. The van der Waals surface area contributed by atoms with Crippen molar-refractivity contribution < 1.29 is 9.47 Å². The molecule has 0 fully saturated rings. The summed E-state index contributed by atoms with van der Waals surface area (Å²) < 4.78 is 11.6. The second-order valence-corrected chi connectivity index (χ2v) is 6.91. The fourth-order valence-electron chi connectivity index (χ4n) is 3.19. The van der Waals surface area contributed by atoms with Gasteiger partial charge in [0.25, 0.3) is 0 Å². The van der Waals surface area contributed by atoms with Gasteiger partial charge >= 0.3 is 0 Å². The SMILES string of the molecule is COc1ccc(CNCCc2ccc(C)cc2)cc1O[C@H]1C=CCCC1. The summed E-state index contributed by atoms with van der Waals surface area (Å²) in [6.45, 7) is 3.90. The number of hydrogen-bond acceptors (Lipinski definition) is 3. The van der Waals surface area contributed by atoms with Crippen LogP contribution in [0.1, 0.15) is 36.0 Å². The molecule has 2 aromatic rings. The summed E-state index contributed by atoms with van der Waals surface area (Å²) in [6.07, 6.45) is 8.96. The van der Waals surface area contributed by atoms with Crippen molar-refractivity contribution in [3.8, 4) is 11.5 Å². The lowest BCUT2D eigenvalue weighted by atomic mass is 10.1. The largest absolute Gasteiger partial charge is 0.493 e. The minimum absolute atomic E-state index is 0.155. The third-order valence-corrected chi connectivity index (χ3v) is 4.76. The van der Waals surface area contributed by atoms with Crippen molar-refractivity contribution >= 4 is 0 Å². The first-order valence-electron chi connectivity index (χ1n) is 9.51. The number of methoxy groups -OCH3 is 1. The fraction of sp³-hybridized carbons (Fsp3) is 0.391. The maximum atomic E-state index is 6.17. The van der Waals surface area contributed by atoms with Crippen LogP contribution in [-0.2, 0) is 13.0 Å². The van der Waals surface area contributed by atoms with E-state index in [1.54, 1.807) is 7.11 Å². The number of nitrogens with one attached hydrogen (secondary N) is 1. The van der Waals surface area contributed by atoms with E-state index in [4.69, 9.17) is 9.47 Å². The van der Waals surface area contributed by atoms with Crippen molar-refractivity contribution in [3.05, 3.63) is 71.3 Å². The zero-order chi connectivity index (χ0) is 18.2. The van der Waals surface area contributed by atoms with E-state index in [9.17, 15) is 0 Å². The van der Waals surface area contributed by atoms with E-state index in [-0.39, 0.29) is 6.10 Å².